The van der Waals surface area contributed by atoms with E-state index in [2.05, 4.69) is 13.8 Å². The Labute approximate surface area is 92.2 Å². The van der Waals surface area contributed by atoms with Gasteiger partial charge in [-0.1, -0.05) is 25.4 Å². The quantitative estimate of drug-likeness (QED) is 0.647. The van der Waals surface area contributed by atoms with Crippen LogP contribution < -0.4 is 0 Å². The maximum Gasteiger partial charge on any atom is 0.134 e. The van der Waals surface area contributed by atoms with E-state index in [0.29, 0.717) is 5.92 Å². The zero-order valence-corrected chi connectivity index (χ0v) is 10.0. The maximum absolute atomic E-state index is 6.28. The summed E-state index contributed by atoms with van der Waals surface area (Å²) >= 11 is 6.28. The van der Waals surface area contributed by atoms with Gasteiger partial charge in [-0.3, -0.25) is 0 Å². The molecule has 0 aromatic carbocycles. The van der Waals surface area contributed by atoms with Crippen LogP contribution in [0, 0.1) is 11.8 Å². The first kappa shape index (κ1) is 10.8. The van der Waals surface area contributed by atoms with Gasteiger partial charge in [0.2, 0.25) is 0 Å². The van der Waals surface area contributed by atoms with E-state index >= 15 is 0 Å². The van der Waals surface area contributed by atoms with E-state index in [0.717, 1.165) is 12.3 Å². The van der Waals surface area contributed by atoms with Crippen molar-refractivity contribution in [3.63, 3.8) is 0 Å². The van der Waals surface area contributed by atoms with Gasteiger partial charge in [0.15, 0.2) is 0 Å². The van der Waals surface area contributed by atoms with Gasteiger partial charge in [-0.15, -0.1) is 0 Å². The van der Waals surface area contributed by atoms with E-state index < -0.39 is 0 Å². The fourth-order valence-electron chi connectivity index (χ4n) is 2.84. The molecule has 2 unspecified atom stereocenters. The van der Waals surface area contributed by atoms with Crippen molar-refractivity contribution in [2.45, 2.75) is 63.5 Å². The lowest BCUT2D eigenvalue weighted by atomic mass is 9.97. The van der Waals surface area contributed by atoms with Gasteiger partial charge in [-0.25, -0.2) is 0 Å². The minimum Gasteiger partial charge on any atom is -0.356 e. The summed E-state index contributed by atoms with van der Waals surface area (Å²) in [4.78, 5) is 0. The summed E-state index contributed by atoms with van der Waals surface area (Å²) in [5.74, 6) is 1.42. The zero-order chi connectivity index (χ0) is 10.2. The highest BCUT2D eigenvalue weighted by atomic mass is 35.5. The molecule has 2 fully saturated rings. The smallest absolute Gasteiger partial charge is 0.134 e. The largest absolute Gasteiger partial charge is 0.356 e. The van der Waals surface area contributed by atoms with Gasteiger partial charge in [0, 0.05) is 0 Å². The molecular formula is C12H21ClO. The molecule has 1 nitrogen and oxygen atoms in total. The number of rotatable bonds is 4. The molecule has 2 saturated carbocycles. The fourth-order valence-corrected chi connectivity index (χ4v) is 3.21. The predicted molar refractivity (Wildman–Crippen MR) is 59.5 cm³/mol. The molecule has 0 aromatic heterocycles. The molecule has 0 amide bonds. The van der Waals surface area contributed by atoms with Gasteiger partial charge >= 0.3 is 0 Å². The second-order valence-electron chi connectivity index (χ2n) is 5.19. The normalized spacial score (nSPS) is 40.1. The van der Waals surface area contributed by atoms with Gasteiger partial charge in [-0.2, -0.15) is 0 Å². The summed E-state index contributed by atoms with van der Waals surface area (Å²) in [5, 5.41) is 0. The van der Waals surface area contributed by atoms with Crippen molar-refractivity contribution in [1.29, 1.82) is 0 Å². The van der Waals surface area contributed by atoms with E-state index in [1.165, 1.54) is 32.1 Å². The van der Waals surface area contributed by atoms with Gasteiger partial charge in [0.05, 0.1) is 5.60 Å². The standard InChI is InChI=1S/C12H21ClO/c1-3-9(2)11(13)14-12-6-4-10(8-12)5-7-12/h9-11H,3-8H2,1-2H3. The molecule has 2 heteroatoms. The Morgan fingerprint density at radius 2 is 2.07 bits per heavy atom. The monoisotopic (exact) mass is 216 g/mol. The van der Waals surface area contributed by atoms with Crippen LogP contribution in [0.5, 0.6) is 0 Å². The van der Waals surface area contributed by atoms with Crippen molar-refractivity contribution in [1.82, 2.24) is 0 Å². The Hall–Kier alpha value is 0.250. The van der Waals surface area contributed by atoms with Gasteiger partial charge < -0.3 is 4.74 Å². The van der Waals surface area contributed by atoms with Crippen molar-refractivity contribution in [2.24, 2.45) is 11.8 Å². The SMILES string of the molecule is CCC(C)C(Cl)OC12CCC(CC1)C2. The van der Waals surface area contributed by atoms with Crippen LogP contribution in [0.15, 0.2) is 0 Å². The second kappa shape index (κ2) is 4.02. The molecule has 0 radical (unpaired) electrons. The molecule has 2 aliphatic carbocycles. The maximum atomic E-state index is 6.28. The molecule has 14 heavy (non-hydrogen) atoms. The van der Waals surface area contributed by atoms with Crippen LogP contribution in [0.2, 0.25) is 0 Å². The fraction of sp³-hybridized carbons (Fsp3) is 1.00. The molecule has 0 heterocycles. The summed E-state index contributed by atoms with van der Waals surface area (Å²) in [5.41, 5.74) is 0.109. The molecule has 2 rings (SSSR count). The first-order valence-electron chi connectivity index (χ1n) is 5.97. The van der Waals surface area contributed by atoms with Crippen LogP contribution >= 0.6 is 11.6 Å². The van der Waals surface area contributed by atoms with Crippen LogP contribution in [-0.2, 0) is 4.74 Å². The molecule has 0 saturated heterocycles. The Bertz CT molecular complexity index is 196. The minimum absolute atomic E-state index is 0.0724. The Balaban J connectivity index is 1.90. The third-order valence-corrected chi connectivity index (χ3v) is 4.65. The minimum atomic E-state index is -0.0724. The average molecular weight is 217 g/mol. The second-order valence-corrected chi connectivity index (χ2v) is 5.62. The summed E-state index contributed by atoms with van der Waals surface area (Å²) in [7, 11) is 0. The molecule has 2 aliphatic rings. The highest BCUT2D eigenvalue weighted by Gasteiger charge is 2.47. The summed E-state index contributed by atoms with van der Waals surface area (Å²) in [6.07, 6.45) is 7.60. The average Bonchev–Trinajstić information content (AvgIpc) is 2.75. The van der Waals surface area contributed by atoms with Crippen molar-refractivity contribution in [3.8, 4) is 0 Å². The number of hydrogen-bond donors (Lipinski definition) is 0. The Morgan fingerprint density at radius 3 is 2.50 bits per heavy atom. The number of hydrogen-bond acceptors (Lipinski definition) is 1. The molecular weight excluding hydrogens is 196 g/mol. The van der Waals surface area contributed by atoms with Crippen molar-refractivity contribution in [2.75, 3.05) is 0 Å². The third-order valence-electron chi connectivity index (χ3n) is 4.13. The number of alkyl halides is 1. The Kier molecular flexibility index (Phi) is 3.09. The first-order valence-corrected chi connectivity index (χ1v) is 6.41. The summed E-state index contributed by atoms with van der Waals surface area (Å²) < 4.78 is 6.11. The van der Waals surface area contributed by atoms with Crippen molar-refractivity contribution >= 4 is 11.6 Å². The van der Waals surface area contributed by atoms with Crippen LogP contribution in [0.3, 0.4) is 0 Å². The van der Waals surface area contributed by atoms with Crippen LogP contribution in [-0.4, -0.2) is 11.2 Å². The van der Waals surface area contributed by atoms with Crippen molar-refractivity contribution in [3.05, 3.63) is 0 Å². The van der Waals surface area contributed by atoms with Gasteiger partial charge in [-0.05, 0) is 50.4 Å². The summed E-state index contributed by atoms with van der Waals surface area (Å²) in [6, 6.07) is 0. The molecule has 2 bridgehead atoms. The van der Waals surface area contributed by atoms with Crippen LogP contribution in [0.25, 0.3) is 0 Å². The topological polar surface area (TPSA) is 9.23 Å². The molecule has 2 atom stereocenters. The Morgan fingerprint density at radius 1 is 1.43 bits per heavy atom. The van der Waals surface area contributed by atoms with Crippen LogP contribution in [0.1, 0.15) is 52.4 Å². The lowest BCUT2D eigenvalue weighted by molar-refractivity contribution is -0.0719. The lowest BCUT2D eigenvalue weighted by Gasteiger charge is -2.31. The van der Waals surface area contributed by atoms with E-state index in [9.17, 15) is 0 Å². The zero-order valence-electron chi connectivity index (χ0n) is 9.26. The number of ether oxygens (including phenoxy) is 1. The van der Waals surface area contributed by atoms with E-state index in [1.807, 2.05) is 0 Å². The first-order chi connectivity index (χ1) is 6.65. The highest BCUT2D eigenvalue weighted by Crippen LogP contribution is 2.51. The molecule has 0 aromatic rings. The number of halogens is 1. The van der Waals surface area contributed by atoms with Gasteiger partial charge in [0.25, 0.3) is 0 Å². The van der Waals surface area contributed by atoms with E-state index in [4.69, 9.17) is 16.3 Å². The summed E-state index contributed by atoms with van der Waals surface area (Å²) in [6.45, 7) is 4.35. The molecule has 82 valence electrons. The predicted octanol–water partition coefficient (Wildman–Crippen LogP) is 3.95. The van der Waals surface area contributed by atoms with Crippen LogP contribution in [0.4, 0.5) is 0 Å². The number of fused-ring (bicyclic) bond motifs is 2. The van der Waals surface area contributed by atoms with Gasteiger partial charge in [0.1, 0.15) is 5.56 Å². The molecule has 0 aliphatic heterocycles. The van der Waals surface area contributed by atoms with Crippen molar-refractivity contribution < 1.29 is 4.74 Å². The third kappa shape index (κ3) is 1.94. The lowest BCUT2D eigenvalue weighted by Crippen LogP contribution is -2.32. The highest BCUT2D eigenvalue weighted by molar-refractivity contribution is 6.19. The molecule has 0 N–H and O–H groups in total. The van der Waals surface area contributed by atoms with E-state index in [1.54, 1.807) is 0 Å². The van der Waals surface area contributed by atoms with E-state index in [-0.39, 0.29) is 11.2 Å². The molecule has 0 spiro atoms.